The third-order valence-electron chi connectivity index (χ3n) is 5.01. The smallest absolute Gasteiger partial charge is 0.242 e. The highest BCUT2D eigenvalue weighted by molar-refractivity contribution is 5.95. The normalized spacial score (nSPS) is 11.9. The number of carbonyl (C=O) groups excluding carboxylic acids is 1. The minimum absolute atomic E-state index is 0.0235. The van der Waals surface area contributed by atoms with Crippen LogP contribution in [-0.2, 0) is 11.2 Å². The fourth-order valence-corrected chi connectivity index (χ4v) is 3.39. The van der Waals surface area contributed by atoms with Crippen LogP contribution >= 0.6 is 0 Å². The van der Waals surface area contributed by atoms with Crippen LogP contribution in [0.4, 0.5) is 5.82 Å². The number of rotatable bonds is 8. The minimum Gasteiger partial charge on any atom is -0.491 e. The number of nitrogens with two attached hydrogens (primary N) is 1. The molecule has 1 unspecified atom stereocenters. The maximum absolute atomic E-state index is 12.5. The van der Waals surface area contributed by atoms with Gasteiger partial charge in [0.2, 0.25) is 5.91 Å². The lowest BCUT2D eigenvalue weighted by Gasteiger charge is -2.12. The fourth-order valence-electron chi connectivity index (χ4n) is 3.39. The van der Waals surface area contributed by atoms with Gasteiger partial charge in [0, 0.05) is 28.9 Å². The van der Waals surface area contributed by atoms with Crippen molar-refractivity contribution >= 4 is 22.6 Å². The van der Waals surface area contributed by atoms with E-state index in [4.69, 9.17) is 15.6 Å². The van der Waals surface area contributed by atoms with Gasteiger partial charge in [0.05, 0.1) is 12.6 Å². The number of anilines is 1. The minimum atomic E-state index is -0.688. The molecule has 0 fully saturated rings. The van der Waals surface area contributed by atoms with Crippen LogP contribution in [0, 0.1) is 0 Å². The molecule has 0 radical (unpaired) electrons. The molecule has 0 saturated heterocycles. The Morgan fingerprint density at radius 3 is 2.61 bits per heavy atom. The molecule has 0 saturated carbocycles. The lowest BCUT2D eigenvalue weighted by Crippen LogP contribution is -2.37. The number of nitrogens with zero attached hydrogens (tertiary/aromatic N) is 1. The van der Waals surface area contributed by atoms with Gasteiger partial charge in [0.15, 0.2) is 0 Å². The summed E-state index contributed by atoms with van der Waals surface area (Å²) >= 11 is 0. The van der Waals surface area contributed by atoms with Crippen molar-refractivity contribution in [1.82, 2.24) is 9.97 Å². The molecule has 7 nitrogen and oxygen atoms in total. The molecule has 0 spiro atoms. The molecule has 158 valence electrons. The van der Waals surface area contributed by atoms with Crippen LogP contribution < -0.4 is 15.8 Å². The Bertz CT molecular complexity index is 1150. The summed E-state index contributed by atoms with van der Waals surface area (Å²) in [5.41, 5.74) is 10.0. The van der Waals surface area contributed by atoms with Crippen molar-refractivity contribution in [2.45, 2.75) is 12.5 Å². The number of para-hydroxylation sites is 1. The SMILES string of the molecule is NC(Cc1c[nH]c2ccccc12)C(=O)Nc1ccc(-c2ccc(OCCO)cc2)cn1. The van der Waals surface area contributed by atoms with E-state index in [0.717, 1.165) is 27.6 Å². The average Bonchev–Trinajstić information content (AvgIpc) is 3.21. The van der Waals surface area contributed by atoms with E-state index >= 15 is 0 Å². The summed E-state index contributed by atoms with van der Waals surface area (Å²) in [6.07, 6.45) is 4.02. The fraction of sp³-hybridized carbons (Fsp3) is 0.167. The standard InChI is InChI=1S/C24H24N4O3/c25-21(13-18-15-26-22-4-2-1-3-20(18)22)24(30)28-23-10-7-17(14-27-23)16-5-8-19(9-6-16)31-12-11-29/h1-10,14-15,21,26,29H,11-13,25H2,(H,27,28,30). The molecule has 0 aliphatic carbocycles. The van der Waals surface area contributed by atoms with Gasteiger partial charge in [-0.05, 0) is 47.9 Å². The number of aliphatic hydroxyl groups is 1. The first-order chi connectivity index (χ1) is 15.1. The van der Waals surface area contributed by atoms with Crippen LogP contribution in [0.5, 0.6) is 5.75 Å². The summed E-state index contributed by atoms with van der Waals surface area (Å²) in [5.74, 6) is 0.862. The van der Waals surface area contributed by atoms with E-state index in [0.29, 0.717) is 18.0 Å². The van der Waals surface area contributed by atoms with Crippen LogP contribution in [0.25, 0.3) is 22.0 Å². The molecule has 0 aliphatic heterocycles. The predicted octanol–water partition coefficient (Wildman–Crippen LogP) is 3.11. The highest BCUT2D eigenvalue weighted by Crippen LogP contribution is 2.23. The number of H-pyrrole nitrogens is 1. The number of amides is 1. The average molecular weight is 416 g/mol. The van der Waals surface area contributed by atoms with Gasteiger partial charge in [-0.3, -0.25) is 4.79 Å². The second-order valence-electron chi connectivity index (χ2n) is 7.19. The Hall–Kier alpha value is -3.68. The molecular formula is C24H24N4O3. The highest BCUT2D eigenvalue weighted by Gasteiger charge is 2.17. The number of aliphatic hydroxyl groups excluding tert-OH is 1. The van der Waals surface area contributed by atoms with Crippen LogP contribution in [0.2, 0.25) is 0 Å². The Labute approximate surface area is 179 Å². The monoisotopic (exact) mass is 416 g/mol. The zero-order valence-corrected chi connectivity index (χ0v) is 16.9. The van der Waals surface area contributed by atoms with Gasteiger partial charge in [0.1, 0.15) is 18.2 Å². The molecule has 1 amide bonds. The molecule has 0 bridgehead atoms. The van der Waals surface area contributed by atoms with E-state index in [-0.39, 0.29) is 19.1 Å². The van der Waals surface area contributed by atoms with Crippen molar-refractivity contribution < 1.29 is 14.6 Å². The lowest BCUT2D eigenvalue weighted by molar-refractivity contribution is -0.117. The van der Waals surface area contributed by atoms with Crippen LogP contribution in [0.3, 0.4) is 0 Å². The number of aromatic amines is 1. The Balaban J connectivity index is 1.37. The third kappa shape index (κ3) is 4.91. The topological polar surface area (TPSA) is 113 Å². The van der Waals surface area contributed by atoms with E-state index in [1.807, 2.05) is 60.8 Å². The second kappa shape index (κ2) is 9.42. The number of hydrogen-bond acceptors (Lipinski definition) is 5. The Morgan fingerprint density at radius 2 is 1.87 bits per heavy atom. The van der Waals surface area contributed by atoms with Gasteiger partial charge in [-0.15, -0.1) is 0 Å². The Morgan fingerprint density at radius 1 is 1.10 bits per heavy atom. The molecule has 0 aliphatic rings. The van der Waals surface area contributed by atoms with E-state index in [9.17, 15) is 4.79 Å². The molecule has 2 aromatic carbocycles. The zero-order chi connectivity index (χ0) is 21.6. The van der Waals surface area contributed by atoms with Gasteiger partial charge in [-0.2, -0.15) is 0 Å². The molecule has 1 atom stereocenters. The van der Waals surface area contributed by atoms with E-state index < -0.39 is 6.04 Å². The number of pyridine rings is 1. The van der Waals surface area contributed by atoms with Crippen molar-refractivity contribution in [1.29, 1.82) is 0 Å². The summed E-state index contributed by atoms with van der Waals surface area (Å²) in [4.78, 5) is 20.1. The van der Waals surface area contributed by atoms with Crippen molar-refractivity contribution in [3.8, 4) is 16.9 Å². The number of aromatic nitrogens is 2. The first-order valence-electron chi connectivity index (χ1n) is 10.1. The van der Waals surface area contributed by atoms with Crippen LogP contribution in [-0.4, -0.2) is 40.2 Å². The second-order valence-corrected chi connectivity index (χ2v) is 7.19. The maximum atomic E-state index is 12.5. The molecule has 4 rings (SSSR count). The van der Waals surface area contributed by atoms with Gasteiger partial charge in [-0.1, -0.05) is 30.3 Å². The van der Waals surface area contributed by atoms with Crippen LogP contribution in [0.1, 0.15) is 5.56 Å². The molecular weight excluding hydrogens is 392 g/mol. The molecule has 5 N–H and O–H groups in total. The summed E-state index contributed by atoms with van der Waals surface area (Å²) in [7, 11) is 0. The van der Waals surface area contributed by atoms with E-state index in [1.54, 1.807) is 12.3 Å². The van der Waals surface area contributed by atoms with Crippen molar-refractivity contribution in [2.24, 2.45) is 5.73 Å². The first-order valence-corrected chi connectivity index (χ1v) is 10.1. The van der Waals surface area contributed by atoms with E-state index in [2.05, 4.69) is 15.3 Å². The van der Waals surface area contributed by atoms with Crippen molar-refractivity contribution in [3.05, 3.63) is 78.6 Å². The molecule has 7 heteroatoms. The van der Waals surface area contributed by atoms with E-state index in [1.165, 1.54) is 0 Å². The Kier molecular flexibility index (Phi) is 6.26. The summed E-state index contributed by atoms with van der Waals surface area (Å²) in [6.45, 7) is 0.238. The summed E-state index contributed by atoms with van der Waals surface area (Å²) in [5, 5.41) is 12.7. The number of benzene rings is 2. The first kappa shape index (κ1) is 20.6. The number of ether oxygens (including phenoxy) is 1. The highest BCUT2D eigenvalue weighted by atomic mass is 16.5. The third-order valence-corrected chi connectivity index (χ3v) is 5.01. The number of fused-ring (bicyclic) bond motifs is 1. The van der Waals surface area contributed by atoms with Gasteiger partial charge in [0.25, 0.3) is 0 Å². The largest absolute Gasteiger partial charge is 0.491 e. The van der Waals surface area contributed by atoms with Crippen molar-refractivity contribution in [3.63, 3.8) is 0 Å². The van der Waals surface area contributed by atoms with Crippen molar-refractivity contribution in [2.75, 3.05) is 18.5 Å². The van der Waals surface area contributed by atoms with Crippen LogP contribution in [0.15, 0.2) is 73.1 Å². The van der Waals surface area contributed by atoms with Gasteiger partial charge in [-0.25, -0.2) is 4.98 Å². The molecule has 2 heterocycles. The number of nitrogens with one attached hydrogen (secondary N) is 2. The molecule has 2 aromatic heterocycles. The summed E-state index contributed by atoms with van der Waals surface area (Å²) in [6, 6.07) is 18.4. The maximum Gasteiger partial charge on any atom is 0.242 e. The molecule has 31 heavy (non-hydrogen) atoms. The number of carbonyl (C=O) groups is 1. The number of hydrogen-bond donors (Lipinski definition) is 4. The summed E-state index contributed by atoms with van der Waals surface area (Å²) < 4.78 is 5.37. The van der Waals surface area contributed by atoms with Gasteiger partial charge < -0.3 is 25.9 Å². The van der Waals surface area contributed by atoms with Gasteiger partial charge >= 0.3 is 0 Å². The molecule has 4 aromatic rings. The lowest BCUT2D eigenvalue weighted by atomic mass is 10.1. The quantitative estimate of drug-likeness (QED) is 0.352. The zero-order valence-electron chi connectivity index (χ0n) is 16.9. The predicted molar refractivity (Wildman–Crippen MR) is 121 cm³/mol.